The molecule has 1 aromatic rings. The first kappa shape index (κ1) is 21.3. The van der Waals surface area contributed by atoms with E-state index in [0.29, 0.717) is 0 Å². The summed E-state index contributed by atoms with van der Waals surface area (Å²) < 4.78 is 49.6. The lowest BCUT2D eigenvalue weighted by Gasteiger charge is -2.39. The molecule has 1 fully saturated rings. The number of carboxylic acids is 1. The third kappa shape index (κ3) is 5.26. The number of hydrogen-bond acceptors (Lipinski definition) is 10. The van der Waals surface area contributed by atoms with Crippen LogP contribution in [0.1, 0.15) is 10.4 Å². The highest BCUT2D eigenvalue weighted by Crippen LogP contribution is 2.32. The predicted molar refractivity (Wildman–Crippen MR) is 84.8 cm³/mol. The number of aliphatic hydroxyl groups is 3. The van der Waals surface area contributed by atoms with Crippen molar-refractivity contribution in [2.45, 2.75) is 30.7 Å². The molecule has 0 amide bonds. The van der Waals surface area contributed by atoms with E-state index in [1.807, 2.05) is 0 Å². The Balaban J connectivity index is 2.20. The monoisotopic (exact) mass is 410 g/mol. The molecule has 0 unspecified atom stereocenters. The molecule has 152 valence electrons. The number of carbonyl (C=O) groups is 1. The minimum Gasteiger partial charge on any atom is -0.493 e. The molecule has 0 radical (unpaired) electrons. The molecule has 2 rings (SSSR count). The van der Waals surface area contributed by atoms with Crippen molar-refractivity contribution in [1.82, 2.24) is 0 Å². The number of hydrogen-bond donors (Lipinski definition) is 5. The maximum absolute atomic E-state index is 11.0. The fourth-order valence-corrected chi connectivity index (χ4v) is 2.63. The van der Waals surface area contributed by atoms with Gasteiger partial charge in [-0.3, -0.25) is 4.55 Å². The molecular weight excluding hydrogens is 392 g/mol. The van der Waals surface area contributed by atoms with Gasteiger partial charge in [-0.05, 0) is 18.2 Å². The maximum atomic E-state index is 11.0. The molecule has 1 aromatic carbocycles. The van der Waals surface area contributed by atoms with E-state index in [9.17, 15) is 28.5 Å². The zero-order valence-corrected chi connectivity index (χ0v) is 14.6. The van der Waals surface area contributed by atoms with Gasteiger partial charge in [-0.15, -0.1) is 0 Å². The molecule has 0 aliphatic carbocycles. The summed E-state index contributed by atoms with van der Waals surface area (Å²) in [5, 5.41) is 38.7. The maximum Gasteiger partial charge on any atom is 0.397 e. The molecule has 1 heterocycles. The highest BCUT2D eigenvalue weighted by Gasteiger charge is 2.45. The van der Waals surface area contributed by atoms with E-state index in [1.54, 1.807) is 0 Å². The second-order valence-corrected chi connectivity index (χ2v) is 6.61. The smallest absolute Gasteiger partial charge is 0.397 e. The van der Waals surface area contributed by atoms with Gasteiger partial charge < -0.3 is 34.6 Å². The van der Waals surface area contributed by atoms with Crippen molar-refractivity contribution in [2.24, 2.45) is 0 Å². The summed E-state index contributed by atoms with van der Waals surface area (Å²) in [5.74, 6) is -1.28. The minimum atomic E-state index is -4.83. The van der Waals surface area contributed by atoms with Gasteiger partial charge in [0.15, 0.2) is 11.5 Å². The molecule has 5 N–H and O–H groups in total. The molecule has 0 saturated carbocycles. The van der Waals surface area contributed by atoms with E-state index in [-0.39, 0.29) is 17.1 Å². The molecule has 0 aromatic heterocycles. The Hall–Kier alpha value is -2.00. The van der Waals surface area contributed by atoms with Crippen LogP contribution >= 0.6 is 0 Å². The standard InChI is InChI=1S/C14H18O12S/c1-23-8-4-6(13(18)19)2-3-7(8)25-14-12(17)11(16)10(15)9(26-14)5-24-27(20,21)22/h2-4,9-12,14-17H,5H2,1H3,(H,18,19)(H,20,21,22)/t9-,10+,11+,12+,14-/m1/s1. The van der Waals surface area contributed by atoms with Gasteiger partial charge >= 0.3 is 16.4 Å². The predicted octanol–water partition coefficient (Wildman–Crippen LogP) is -1.60. The number of aromatic carboxylic acids is 1. The fraction of sp³-hybridized carbons (Fsp3) is 0.500. The van der Waals surface area contributed by atoms with Crippen molar-refractivity contribution < 1.29 is 56.6 Å². The zero-order valence-electron chi connectivity index (χ0n) is 13.8. The van der Waals surface area contributed by atoms with E-state index in [0.717, 1.165) is 6.07 Å². The minimum absolute atomic E-state index is 0.0166. The lowest BCUT2D eigenvalue weighted by molar-refractivity contribution is -0.276. The zero-order chi connectivity index (χ0) is 20.4. The molecule has 1 aliphatic heterocycles. The van der Waals surface area contributed by atoms with Gasteiger partial charge in [0.25, 0.3) is 0 Å². The van der Waals surface area contributed by atoms with E-state index in [2.05, 4.69) is 4.18 Å². The number of rotatable bonds is 7. The lowest BCUT2D eigenvalue weighted by atomic mass is 9.99. The molecule has 13 heteroatoms. The highest BCUT2D eigenvalue weighted by atomic mass is 32.3. The van der Waals surface area contributed by atoms with E-state index in [4.69, 9.17) is 23.9 Å². The molecular formula is C14H18O12S. The van der Waals surface area contributed by atoms with Gasteiger partial charge in [0.1, 0.15) is 24.4 Å². The van der Waals surface area contributed by atoms with E-state index >= 15 is 0 Å². The van der Waals surface area contributed by atoms with Gasteiger partial charge in [0, 0.05) is 0 Å². The Morgan fingerprint density at radius 2 is 1.81 bits per heavy atom. The van der Waals surface area contributed by atoms with Gasteiger partial charge in [-0.2, -0.15) is 8.42 Å². The van der Waals surface area contributed by atoms with Crippen molar-refractivity contribution in [1.29, 1.82) is 0 Å². The molecule has 1 aliphatic rings. The molecule has 0 spiro atoms. The number of carboxylic acid groups (broad SMARTS) is 1. The van der Waals surface area contributed by atoms with Crippen LogP contribution in [0.15, 0.2) is 18.2 Å². The third-order valence-electron chi connectivity index (χ3n) is 3.70. The first-order valence-electron chi connectivity index (χ1n) is 7.43. The van der Waals surface area contributed by atoms with Crippen molar-refractivity contribution in [3.63, 3.8) is 0 Å². The number of aliphatic hydroxyl groups excluding tert-OH is 3. The molecule has 27 heavy (non-hydrogen) atoms. The third-order valence-corrected chi connectivity index (χ3v) is 4.14. The SMILES string of the molecule is COc1cc(C(=O)O)ccc1O[C@@H]1O[C@H](COS(=O)(=O)O)[C@H](O)[C@H](O)[C@@H]1O. The van der Waals surface area contributed by atoms with Crippen LogP contribution < -0.4 is 9.47 Å². The lowest BCUT2D eigenvalue weighted by Crippen LogP contribution is -2.60. The topological polar surface area (TPSA) is 189 Å². The summed E-state index contributed by atoms with van der Waals surface area (Å²) in [7, 11) is -3.59. The largest absolute Gasteiger partial charge is 0.493 e. The van der Waals surface area contributed by atoms with Gasteiger partial charge in [0.2, 0.25) is 6.29 Å². The van der Waals surface area contributed by atoms with Crippen LogP contribution in [0.2, 0.25) is 0 Å². The summed E-state index contributed by atoms with van der Waals surface area (Å²) in [6.45, 7) is -0.862. The second kappa shape index (κ2) is 8.35. The van der Waals surface area contributed by atoms with Crippen LogP contribution in [0.3, 0.4) is 0 Å². The molecule has 12 nitrogen and oxygen atoms in total. The Bertz CT molecular complexity index is 778. The second-order valence-electron chi connectivity index (χ2n) is 5.52. The van der Waals surface area contributed by atoms with Crippen LogP contribution in [0, 0.1) is 0 Å². The van der Waals surface area contributed by atoms with E-state index in [1.165, 1.54) is 19.2 Å². The molecule has 0 bridgehead atoms. The van der Waals surface area contributed by atoms with Gasteiger partial charge in [0.05, 0.1) is 19.3 Å². The van der Waals surface area contributed by atoms with E-state index < -0.39 is 53.7 Å². The van der Waals surface area contributed by atoms with Crippen LogP contribution in [-0.2, 0) is 19.3 Å². The number of methoxy groups -OCH3 is 1. The van der Waals surface area contributed by atoms with Crippen molar-refractivity contribution in [2.75, 3.05) is 13.7 Å². The average Bonchev–Trinajstić information content (AvgIpc) is 2.60. The van der Waals surface area contributed by atoms with Gasteiger partial charge in [-0.1, -0.05) is 0 Å². The van der Waals surface area contributed by atoms with Crippen LogP contribution in [-0.4, -0.2) is 83.8 Å². The first-order chi connectivity index (χ1) is 12.5. The summed E-state index contributed by atoms with van der Waals surface area (Å²) >= 11 is 0. The van der Waals surface area contributed by atoms with Crippen LogP contribution in [0.5, 0.6) is 11.5 Å². The normalized spacial score (nSPS) is 28.6. The van der Waals surface area contributed by atoms with Crippen molar-refractivity contribution in [3.05, 3.63) is 23.8 Å². The van der Waals surface area contributed by atoms with Crippen LogP contribution in [0.25, 0.3) is 0 Å². The number of ether oxygens (including phenoxy) is 3. The molecule has 5 atom stereocenters. The van der Waals surface area contributed by atoms with Crippen LogP contribution in [0.4, 0.5) is 0 Å². The summed E-state index contributed by atoms with van der Waals surface area (Å²) in [5.41, 5.74) is -0.0980. The Morgan fingerprint density at radius 3 is 2.37 bits per heavy atom. The van der Waals surface area contributed by atoms with Gasteiger partial charge in [-0.25, -0.2) is 8.98 Å². The summed E-state index contributed by atoms with van der Waals surface area (Å²) in [6.07, 6.45) is -8.34. The summed E-state index contributed by atoms with van der Waals surface area (Å²) in [4.78, 5) is 11.0. The fourth-order valence-electron chi connectivity index (χ4n) is 2.33. The average molecular weight is 410 g/mol. The molecule has 1 saturated heterocycles. The Morgan fingerprint density at radius 1 is 1.15 bits per heavy atom. The quantitative estimate of drug-likeness (QED) is 0.324. The first-order valence-corrected chi connectivity index (χ1v) is 8.79. The Labute approximate surface area is 153 Å². The number of benzene rings is 1. The summed E-state index contributed by atoms with van der Waals surface area (Å²) in [6, 6.07) is 3.57. The van der Waals surface area contributed by atoms with Crippen molar-refractivity contribution >= 4 is 16.4 Å². The highest BCUT2D eigenvalue weighted by molar-refractivity contribution is 7.80. The van der Waals surface area contributed by atoms with Crippen molar-refractivity contribution in [3.8, 4) is 11.5 Å². The Kier molecular flexibility index (Phi) is 6.59.